The van der Waals surface area contributed by atoms with Gasteiger partial charge in [0.15, 0.2) is 0 Å². The van der Waals surface area contributed by atoms with Gasteiger partial charge in [-0.3, -0.25) is 4.79 Å². The van der Waals surface area contributed by atoms with Crippen LogP contribution in [0.1, 0.15) is 24.1 Å². The van der Waals surface area contributed by atoms with Crippen LogP contribution >= 0.6 is 0 Å². The Morgan fingerprint density at radius 1 is 1.14 bits per heavy atom. The minimum atomic E-state index is -0.433. The van der Waals surface area contributed by atoms with E-state index in [0.717, 1.165) is 5.56 Å². The van der Waals surface area contributed by atoms with Crippen molar-refractivity contribution in [1.29, 1.82) is 0 Å². The number of para-hydroxylation sites is 1. The monoisotopic (exact) mass is 286 g/mol. The van der Waals surface area contributed by atoms with Crippen LogP contribution in [-0.4, -0.2) is 12.5 Å². The molecule has 2 aromatic carbocycles. The molecule has 110 valence electrons. The van der Waals surface area contributed by atoms with Gasteiger partial charge in [-0.1, -0.05) is 42.0 Å². The Balaban J connectivity index is 1.86. The fourth-order valence-electron chi connectivity index (χ4n) is 1.98. The first-order chi connectivity index (χ1) is 10.1. The summed E-state index contributed by atoms with van der Waals surface area (Å²) in [7, 11) is 0. The number of hydrogen-bond donors (Lipinski definition) is 2. The molecule has 0 fully saturated rings. The number of benzene rings is 2. The lowest BCUT2D eigenvalue weighted by atomic mass is 10.1. The Kier molecular flexibility index (Phi) is 5.06. The molecule has 0 aromatic heterocycles. The molecule has 2 N–H and O–H groups in total. The molecule has 2 aromatic rings. The summed E-state index contributed by atoms with van der Waals surface area (Å²) < 4.78 is 13.4. The van der Waals surface area contributed by atoms with Crippen molar-refractivity contribution in [2.75, 3.05) is 11.9 Å². The summed E-state index contributed by atoms with van der Waals surface area (Å²) in [5.74, 6) is -0.698. The zero-order valence-corrected chi connectivity index (χ0v) is 12.2. The Labute approximate surface area is 124 Å². The molecule has 1 amide bonds. The molecule has 0 heterocycles. The van der Waals surface area contributed by atoms with Crippen molar-refractivity contribution in [3.05, 3.63) is 65.5 Å². The number of hydrogen-bond acceptors (Lipinski definition) is 2. The molecule has 0 aliphatic rings. The van der Waals surface area contributed by atoms with E-state index in [9.17, 15) is 9.18 Å². The van der Waals surface area contributed by atoms with Gasteiger partial charge in [0.2, 0.25) is 5.91 Å². The average Bonchev–Trinajstić information content (AvgIpc) is 2.48. The molecule has 0 unspecified atom stereocenters. The molecule has 21 heavy (non-hydrogen) atoms. The topological polar surface area (TPSA) is 41.1 Å². The van der Waals surface area contributed by atoms with Gasteiger partial charge in [0.1, 0.15) is 5.82 Å². The maximum Gasteiger partial charge on any atom is 0.238 e. The van der Waals surface area contributed by atoms with Crippen LogP contribution in [0.15, 0.2) is 48.5 Å². The maximum absolute atomic E-state index is 13.4. The van der Waals surface area contributed by atoms with Gasteiger partial charge in [-0.15, -0.1) is 0 Å². The van der Waals surface area contributed by atoms with E-state index in [1.54, 1.807) is 12.1 Å². The highest BCUT2D eigenvalue weighted by molar-refractivity contribution is 5.92. The third-order valence-corrected chi connectivity index (χ3v) is 3.29. The van der Waals surface area contributed by atoms with Gasteiger partial charge in [-0.25, -0.2) is 4.39 Å². The van der Waals surface area contributed by atoms with Crippen LogP contribution in [0.5, 0.6) is 0 Å². The minimum absolute atomic E-state index is 0.0528. The molecule has 2 rings (SSSR count). The molecule has 0 radical (unpaired) electrons. The number of nitrogens with one attached hydrogen (secondary N) is 2. The number of anilines is 1. The van der Waals surface area contributed by atoms with E-state index in [1.165, 1.54) is 17.7 Å². The lowest BCUT2D eigenvalue weighted by molar-refractivity contribution is -0.115. The Hall–Kier alpha value is -2.20. The molecule has 0 saturated heterocycles. The second kappa shape index (κ2) is 6.99. The quantitative estimate of drug-likeness (QED) is 0.884. The van der Waals surface area contributed by atoms with Gasteiger partial charge in [0.05, 0.1) is 12.2 Å². The second-order valence-electron chi connectivity index (χ2n) is 5.04. The van der Waals surface area contributed by atoms with Crippen molar-refractivity contribution in [2.45, 2.75) is 19.9 Å². The molecular weight excluding hydrogens is 267 g/mol. The van der Waals surface area contributed by atoms with E-state index in [4.69, 9.17) is 0 Å². The van der Waals surface area contributed by atoms with Crippen LogP contribution in [0.2, 0.25) is 0 Å². The van der Waals surface area contributed by atoms with Crippen molar-refractivity contribution in [3.63, 3.8) is 0 Å². The van der Waals surface area contributed by atoms with Crippen LogP contribution in [0.3, 0.4) is 0 Å². The lowest BCUT2D eigenvalue weighted by Crippen LogP contribution is -2.30. The van der Waals surface area contributed by atoms with Gasteiger partial charge in [-0.2, -0.15) is 0 Å². The number of halogens is 1. The maximum atomic E-state index is 13.4. The van der Waals surface area contributed by atoms with Crippen molar-refractivity contribution < 1.29 is 9.18 Å². The predicted molar refractivity (Wildman–Crippen MR) is 82.6 cm³/mol. The van der Waals surface area contributed by atoms with Gasteiger partial charge >= 0.3 is 0 Å². The van der Waals surface area contributed by atoms with Gasteiger partial charge in [-0.05, 0) is 31.5 Å². The summed E-state index contributed by atoms with van der Waals surface area (Å²) in [5.41, 5.74) is 2.51. The van der Waals surface area contributed by atoms with Gasteiger partial charge < -0.3 is 10.6 Å². The summed E-state index contributed by atoms with van der Waals surface area (Å²) in [4.78, 5) is 11.8. The van der Waals surface area contributed by atoms with E-state index in [0.29, 0.717) is 0 Å². The van der Waals surface area contributed by atoms with Crippen molar-refractivity contribution in [1.82, 2.24) is 5.32 Å². The molecular formula is C17H19FN2O. The van der Waals surface area contributed by atoms with Crippen LogP contribution in [-0.2, 0) is 4.79 Å². The number of carbonyl (C=O) groups is 1. The highest BCUT2D eigenvalue weighted by Crippen LogP contribution is 2.14. The van der Waals surface area contributed by atoms with E-state index >= 15 is 0 Å². The van der Waals surface area contributed by atoms with Gasteiger partial charge in [0.25, 0.3) is 0 Å². The van der Waals surface area contributed by atoms with E-state index in [2.05, 4.69) is 10.6 Å². The van der Waals surface area contributed by atoms with Crippen LogP contribution in [0.25, 0.3) is 0 Å². The summed E-state index contributed by atoms with van der Waals surface area (Å²) >= 11 is 0. The number of aryl methyl sites for hydroxylation is 1. The Morgan fingerprint density at radius 3 is 2.48 bits per heavy atom. The first-order valence-electron chi connectivity index (χ1n) is 6.90. The van der Waals surface area contributed by atoms with E-state index in [-0.39, 0.29) is 24.2 Å². The zero-order valence-electron chi connectivity index (χ0n) is 12.2. The molecule has 0 aliphatic carbocycles. The summed E-state index contributed by atoms with van der Waals surface area (Å²) in [6.07, 6.45) is 0. The van der Waals surface area contributed by atoms with Crippen LogP contribution in [0, 0.1) is 12.7 Å². The van der Waals surface area contributed by atoms with Crippen LogP contribution in [0.4, 0.5) is 10.1 Å². The van der Waals surface area contributed by atoms with Crippen molar-refractivity contribution in [2.24, 2.45) is 0 Å². The van der Waals surface area contributed by atoms with Crippen molar-refractivity contribution >= 4 is 11.6 Å². The van der Waals surface area contributed by atoms with E-state index < -0.39 is 5.82 Å². The van der Waals surface area contributed by atoms with E-state index in [1.807, 2.05) is 38.1 Å². The molecule has 1 atom stereocenters. The van der Waals surface area contributed by atoms with Crippen molar-refractivity contribution in [3.8, 4) is 0 Å². The third kappa shape index (κ3) is 4.39. The number of rotatable bonds is 5. The second-order valence-corrected chi connectivity index (χ2v) is 5.04. The lowest BCUT2D eigenvalue weighted by Gasteiger charge is -2.14. The third-order valence-electron chi connectivity index (χ3n) is 3.29. The normalized spacial score (nSPS) is 12.0. The fourth-order valence-corrected chi connectivity index (χ4v) is 1.98. The predicted octanol–water partition coefficient (Wildman–Crippen LogP) is 3.42. The Morgan fingerprint density at radius 2 is 1.81 bits per heavy atom. The molecule has 3 nitrogen and oxygen atoms in total. The first-order valence-corrected chi connectivity index (χ1v) is 6.90. The minimum Gasteiger partial charge on any atom is -0.322 e. The molecule has 0 spiro atoms. The van der Waals surface area contributed by atoms with Gasteiger partial charge in [0, 0.05) is 6.04 Å². The highest BCUT2D eigenvalue weighted by atomic mass is 19.1. The number of carbonyl (C=O) groups excluding carboxylic acids is 1. The molecule has 4 heteroatoms. The average molecular weight is 286 g/mol. The highest BCUT2D eigenvalue weighted by Gasteiger charge is 2.09. The summed E-state index contributed by atoms with van der Waals surface area (Å²) in [6.45, 7) is 4.15. The zero-order chi connectivity index (χ0) is 15.2. The molecule has 0 aliphatic heterocycles. The summed E-state index contributed by atoms with van der Waals surface area (Å²) in [5, 5.41) is 5.67. The first kappa shape index (κ1) is 15.2. The fraction of sp³-hybridized carbons (Fsp3) is 0.235. The Bertz CT molecular complexity index is 610. The number of amides is 1. The van der Waals surface area contributed by atoms with Crippen LogP contribution < -0.4 is 10.6 Å². The SMILES string of the molecule is Cc1ccc([C@H](C)NCC(=O)Nc2ccccc2F)cc1. The molecule has 0 saturated carbocycles. The largest absolute Gasteiger partial charge is 0.322 e. The molecule has 0 bridgehead atoms. The summed E-state index contributed by atoms with van der Waals surface area (Å²) in [6, 6.07) is 14.3. The standard InChI is InChI=1S/C17H19FN2O/c1-12-7-9-14(10-8-12)13(2)19-11-17(21)20-16-6-4-3-5-15(16)18/h3-10,13,19H,11H2,1-2H3,(H,20,21)/t13-/m0/s1. The smallest absolute Gasteiger partial charge is 0.238 e.